The van der Waals surface area contributed by atoms with Crippen molar-refractivity contribution >= 4 is 56.7 Å². The van der Waals surface area contributed by atoms with Crippen molar-refractivity contribution in [3.63, 3.8) is 0 Å². The molecule has 0 aromatic heterocycles. The Bertz CT molecular complexity index is 934. The Labute approximate surface area is 175 Å². The van der Waals surface area contributed by atoms with E-state index in [1.165, 1.54) is 0 Å². The fourth-order valence-corrected chi connectivity index (χ4v) is 3.72. The Kier molecular flexibility index (Phi) is 6.36. The molecule has 1 unspecified atom stereocenters. The number of nitrogens with zero attached hydrogens (tertiary/aromatic N) is 1. The third-order valence-corrected chi connectivity index (χ3v) is 5.22. The molecule has 2 amide bonds. The molecule has 0 radical (unpaired) electrons. The molecule has 8 heteroatoms. The number of amides is 2. The number of hydrogen-bond donors (Lipinski definition) is 1. The molecule has 0 saturated carbocycles. The number of para-hydroxylation sites is 1. The zero-order chi connectivity index (χ0) is 20.3. The standard InChI is InChI=1S/C20H18BrClN2O4/c1-12-4-2-3-5-17(12)24-10-13(8-19(24)26)20(27)28-11-18(25)23-16-7-6-14(21)9-15(16)22/h2-7,9,13H,8,10-11H2,1H3,(H,23,25). The highest BCUT2D eigenvalue weighted by atomic mass is 79.9. The highest BCUT2D eigenvalue weighted by Crippen LogP contribution is 2.28. The van der Waals surface area contributed by atoms with E-state index in [1.807, 2.05) is 31.2 Å². The first-order chi connectivity index (χ1) is 13.3. The van der Waals surface area contributed by atoms with Gasteiger partial charge in [-0.25, -0.2) is 0 Å². The van der Waals surface area contributed by atoms with E-state index in [0.29, 0.717) is 10.7 Å². The van der Waals surface area contributed by atoms with Crippen LogP contribution in [0.2, 0.25) is 5.02 Å². The number of benzene rings is 2. The fraction of sp³-hybridized carbons (Fsp3) is 0.250. The number of anilines is 2. The van der Waals surface area contributed by atoms with Crippen molar-refractivity contribution in [3.8, 4) is 0 Å². The van der Waals surface area contributed by atoms with Crippen molar-refractivity contribution in [2.75, 3.05) is 23.4 Å². The summed E-state index contributed by atoms with van der Waals surface area (Å²) in [6, 6.07) is 12.5. The van der Waals surface area contributed by atoms with Crippen LogP contribution in [0.25, 0.3) is 0 Å². The van der Waals surface area contributed by atoms with Gasteiger partial charge in [0.15, 0.2) is 6.61 Å². The molecule has 1 saturated heterocycles. The molecular weight excluding hydrogens is 448 g/mol. The Hall–Kier alpha value is -2.38. The normalized spacial score (nSPS) is 16.2. The van der Waals surface area contributed by atoms with Crippen LogP contribution in [-0.2, 0) is 19.1 Å². The summed E-state index contributed by atoms with van der Waals surface area (Å²) in [5, 5.41) is 2.95. The largest absolute Gasteiger partial charge is 0.455 e. The first-order valence-corrected chi connectivity index (χ1v) is 9.80. The Morgan fingerprint density at radius 1 is 1.29 bits per heavy atom. The van der Waals surface area contributed by atoms with Gasteiger partial charge in [0.25, 0.3) is 5.91 Å². The van der Waals surface area contributed by atoms with Crippen LogP contribution in [0.4, 0.5) is 11.4 Å². The molecule has 1 fully saturated rings. The smallest absolute Gasteiger partial charge is 0.311 e. The monoisotopic (exact) mass is 464 g/mol. The topological polar surface area (TPSA) is 75.7 Å². The van der Waals surface area contributed by atoms with E-state index >= 15 is 0 Å². The van der Waals surface area contributed by atoms with Gasteiger partial charge in [-0.15, -0.1) is 0 Å². The van der Waals surface area contributed by atoms with Crippen LogP contribution in [0, 0.1) is 12.8 Å². The second-order valence-electron chi connectivity index (χ2n) is 6.47. The predicted octanol–water partition coefficient (Wildman–Crippen LogP) is 3.95. The van der Waals surface area contributed by atoms with Crippen LogP contribution in [-0.4, -0.2) is 30.9 Å². The van der Waals surface area contributed by atoms with Crippen molar-refractivity contribution in [1.82, 2.24) is 0 Å². The minimum absolute atomic E-state index is 0.0628. The molecule has 1 heterocycles. The third-order valence-electron chi connectivity index (χ3n) is 4.42. The molecule has 1 aliphatic heterocycles. The lowest BCUT2D eigenvalue weighted by Crippen LogP contribution is -2.28. The highest BCUT2D eigenvalue weighted by molar-refractivity contribution is 9.10. The maximum atomic E-state index is 12.3. The van der Waals surface area contributed by atoms with Gasteiger partial charge in [0.05, 0.1) is 16.6 Å². The zero-order valence-electron chi connectivity index (χ0n) is 15.1. The maximum absolute atomic E-state index is 12.3. The first kappa shape index (κ1) is 20.4. The summed E-state index contributed by atoms with van der Waals surface area (Å²) >= 11 is 9.33. The van der Waals surface area contributed by atoms with E-state index in [0.717, 1.165) is 15.7 Å². The summed E-state index contributed by atoms with van der Waals surface area (Å²) in [4.78, 5) is 38.2. The molecule has 0 spiro atoms. The van der Waals surface area contributed by atoms with Crippen LogP contribution < -0.4 is 10.2 Å². The van der Waals surface area contributed by atoms with E-state index in [4.69, 9.17) is 16.3 Å². The number of nitrogens with one attached hydrogen (secondary N) is 1. The van der Waals surface area contributed by atoms with E-state index in [2.05, 4.69) is 21.2 Å². The Morgan fingerprint density at radius 2 is 2.04 bits per heavy atom. The summed E-state index contributed by atoms with van der Waals surface area (Å²) in [6.45, 7) is 1.70. The predicted molar refractivity (Wildman–Crippen MR) is 110 cm³/mol. The van der Waals surface area contributed by atoms with Crippen molar-refractivity contribution in [2.45, 2.75) is 13.3 Å². The maximum Gasteiger partial charge on any atom is 0.311 e. The Morgan fingerprint density at radius 3 is 2.75 bits per heavy atom. The Balaban J connectivity index is 1.54. The van der Waals surface area contributed by atoms with E-state index < -0.39 is 24.4 Å². The number of rotatable bonds is 5. The zero-order valence-corrected chi connectivity index (χ0v) is 17.4. The van der Waals surface area contributed by atoms with E-state index in [1.54, 1.807) is 23.1 Å². The number of carbonyl (C=O) groups is 3. The van der Waals surface area contributed by atoms with E-state index in [-0.39, 0.29) is 18.9 Å². The summed E-state index contributed by atoms with van der Waals surface area (Å²) in [5.74, 6) is -1.81. The van der Waals surface area contributed by atoms with Gasteiger partial charge in [0.2, 0.25) is 5.91 Å². The summed E-state index contributed by atoms with van der Waals surface area (Å²) in [7, 11) is 0. The van der Waals surface area contributed by atoms with Crippen molar-refractivity contribution in [2.24, 2.45) is 5.92 Å². The van der Waals surface area contributed by atoms with Crippen LogP contribution in [0.1, 0.15) is 12.0 Å². The highest BCUT2D eigenvalue weighted by Gasteiger charge is 2.36. The number of hydrogen-bond acceptors (Lipinski definition) is 4. The third kappa shape index (κ3) is 4.72. The molecule has 1 atom stereocenters. The van der Waals surface area contributed by atoms with Gasteiger partial charge in [-0.2, -0.15) is 0 Å². The molecule has 2 aromatic rings. The van der Waals surface area contributed by atoms with Gasteiger partial charge >= 0.3 is 5.97 Å². The minimum Gasteiger partial charge on any atom is -0.455 e. The molecule has 1 aliphatic rings. The molecule has 28 heavy (non-hydrogen) atoms. The first-order valence-electron chi connectivity index (χ1n) is 8.62. The molecule has 146 valence electrons. The minimum atomic E-state index is -0.601. The van der Waals surface area contributed by atoms with Gasteiger partial charge in [0.1, 0.15) is 0 Å². The van der Waals surface area contributed by atoms with Gasteiger partial charge in [-0.1, -0.05) is 45.7 Å². The number of esters is 1. The molecule has 0 aliphatic carbocycles. The molecule has 6 nitrogen and oxygen atoms in total. The number of aryl methyl sites for hydroxylation is 1. The lowest BCUT2D eigenvalue weighted by molar-refractivity contribution is -0.151. The van der Waals surface area contributed by atoms with Crippen LogP contribution in [0.15, 0.2) is 46.9 Å². The van der Waals surface area contributed by atoms with Crippen LogP contribution in [0.3, 0.4) is 0 Å². The summed E-state index contributed by atoms with van der Waals surface area (Å²) < 4.78 is 5.89. The molecule has 2 aromatic carbocycles. The fourth-order valence-electron chi connectivity index (χ4n) is 3.00. The van der Waals surface area contributed by atoms with Crippen LogP contribution >= 0.6 is 27.5 Å². The van der Waals surface area contributed by atoms with Gasteiger partial charge in [0, 0.05) is 23.1 Å². The number of carbonyl (C=O) groups excluding carboxylic acids is 3. The lowest BCUT2D eigenvalue weighted by Gasteiger charge is -2.18. The second-order valence-corrected chi connectivity index (χ2v) is 7.79. The van der Waals surface area contributed by atoms with Crippen molar-refractivity contribution in [1.29, 1.82) is 0 Å². The SMILES string of the molecule is Cc1ccccc1N1CC(C(=O)OCC(=O)Nc2ccc(Br)cc2Cl)CC1=O. The molecule has 3 rings (SSSR count). The van der Waals surface area contributed by atoms with Gasteiger partial charge < -0.3 is 15.0 Å². The molecule has 0 bridgehead atoms. The van der Waals surface area contributed by atoms with Gasteiger partial charge in [-0.05, 0) is 36.8 Å². The second kappa shape index (κ2) is 8.75. The number of ether oxygens (including phenoxy) is 1. The summed E-state index contributed by atoms with van der Waals surface area (Å²) in [6.07, 6.45) is 0.0628. The van der Waals surface area contributed by atoms with Crippen molar-refractivity contribution < 1.29 is 19.1 Å². The van der Waals surface area contributed by atoms with E-state index in [9.17, 15) is 14.4 Å². The average Bonchev–Trinajstić information content (AvgIpc) is 3.04. The quantitative estimate of drug-likeness (QED) is 0.679. The lowest BCUT2D eigenvalue weighted by atomic mass is 10.1. The van der Waals surface area contributed by atoms with Crippen molar-refractivity contribution in [3.05, 3.63) is 57.5 Å². The average molecular weight is 466 g/mol. The molecule has 1 N–H and O–H groups in total. The van der Waals surface area contributed by atoms with Gasteiger partial charge in [-0.3, -0.25) is 14.4 Å². The number of halogens is 2. The van der Waals surface area contributed by atoms with Crippen LogP contribution in [0.5, 0.6) is 0 Å². The molecular formula is C20H18BrClN2O4. The summed E-state index contributed by atoms with van der Waals surface area (Å²) in [5.41, 5.74) is 2.16.